The minimum atomic E-state index is -0.146. The predicted octanol–water partition coefficient (Wildman–Crippen LogP) is 4.14. The lowest BCUT2D eigenvalue weighted by molar-refractivity contribution is -0.132. The topological polar surface area (TPSA) is 66.4 Å². The van der Waals surface area contributed by atoms with Crippen molar-refractivity contribution in [1.29, 1.82) is 0 Å². The highest BCUT2D eigenvalue weighted by Gasteiger charge is 2.24. The van der Waals surface area contributed by atoms with Crippen molar-refractivity contribution < 1.29 is 9.59 Å². The Morgan fingerprint density at radius 2 is 1.78 bits per heavy atom. The number of rotatable bonds is 9. The molecule has 0 unspecified atom stereocenters. The highest BCUT2D eigenvalue weighted by atomic mass is 16.2. The van der Waals surface area contributed by atoms with Gasteiger partial charge >= 0.3 is 0 Å². The fraction of sp³-hybridized carbons (Fsp3) is 0.538. The molecule has 0 spiro atoms. The number of aromatic nitrogens is 2. The van der Waals surface area contributed by atoms with Crippen LogP contribution in [0.3, 0.4) is 0 Å². The van der Waals surface area contributed by atoms with Gasteiger partial charge in [-0.3, -0.25) is 14.6 Å². The van der Waals surface area contributed by atoms with Gasteiger partial charge in [-0.15, -0.1) is 0 Å². The Morgan fingerprint density at radius 3 is 2.41 bits per heavy atom. The van der Waals surface area contributed by atoms with Crippen LogP contribution in [0, 0.1) is 18.8 Å². The lowest BCUT2D eigenvalue weighted by atomic mass is 9.90. The third-order valence-electron chi connectivity index (χ3n) is 6.19. The number of hydrogen-bond acceptors (Lipinski definition) is 4. The van der Waals surface area contributed by atoms with Crippen LogP contribution in [0.2, 0.25) is 0 Å². The monoisotopic (exact) mass is 436 g/mol. The molecule has 2 aromatic rings. The average molecular weight is 437 g/mol. The smallest absolute Gasteiger partial charge is 0.274 e. The lowest BCUT2D eigenvalue weighted by Crippen LogP contribution is -2.41. The summed E-state index contributed by atoms with van der Waals surface area (Å²) in [6, 6.07) is 10.6. The molecule has 1 fully saturated rings. The largest absolute Gasteiger partial charge is 0.343 e. The molecule has 172 valence electrons. The fourth-order valence-corrected chi connectivity index (χ4v) is 4.12. The van der Waals surface area contributed by atoms with Crippen molar-refractivity contribution in [3.05, 3.63) is 59.7 Å². The van der Waals surface area contributed by atoms with Crippen LogP contribution in [0.1, 0.15) is 61.3 Å². The van der Waals surface area contributed by atoms with Crippen molar-refractivity contribution >= 4 is 11.8 Å². The van der Waals surface area contributed by atoms with E-state index < -0.39 is 0 Å². The summed E-state index contributed by atoms with van der Waals surface area (Å²) in [5, 5.41) is 0. The first kappa shape index (κ1) is 23.9. The van der Waals surface area contributed by atoms with E-state index in [0.717, 1.165) is 44.5 Å². The second kappa shape index (κ2) is 11.7. The maximum absolute atomic E-state index is 13.0. The normalized spacial score (nSPS) is 14.6. The summed E-state index contributed by atoms with van der Waals surface area (Å²) in [5.74, 6) is 1.10. The number of piperidine rings is 1. The molecule has 0 N–H and O–H groups in total. The van der Waals surface area contributed by atoms with Gasteiger partial charge in [0.05, 0.1) is 11.9 Å². The number of hydrogen-bond donors (Lipinski definition) is 0. The quantitative estimate of drug-likeness (QED) is 0.592. The maximum Gasteiger partial charge on any atom is 0.274 e. The van der Waals surface area contributed by atoms with Gasteiger partial charge in [0.15, 0.2) is 0 Å². The second-order valence-electron chi connectivity index (χ2n) is 9.28. The lowest BCUT2D eigenvalue weighted by Gasteiger charge is -2.33. The molecule has 3 rings (SSSR count). The molecule has 0 bridgehead atoms. The number of amides is 2. The maximum atomic E-state index is 13.0. The third-order valence-corrected chi connectivity index (χ3v) is 6.19. The summed E-state index contributed by atoms with van der Waals surface area (Å²) < 4.78 is 0. The van der Waals surface area contributed by atoms with Crippen molar-refractivity contribution in [2.45, 2.75) is 52.9 Å². The zero-order valence-electron chi connectivity index (χ0n) is 19.7. The van der Waals surface area contributed by atoms with Gasteiger partial charge < -0.3 is 9.80 Å². The highest BCUT2D eigenvalue weighted by Crippen LogP contribution is 2.22. The van der Waals surface area contributed by atoms with Crippen LogP contribution in [-0.4, -0.2) is 57.8 Å². The molecule has 0 radical (unpaired) electrons. The van der Waals surface area contributed by atoms with E-state index in [1.165, 1.54) is 11.8 Å². The molecule has 0 saturated carbocycles. The standard InChI is InChI=1S/C26H36N4O2/c1-20(2)9-13-30(26(32)24-19-27-21(3)18-28-24)16-12-25(31)29-14-10-23(11-15-29)17-22-7-5-4-6-8-22/h4-8,18-20,23H,9-17H2,1-3H3. The van der Waals surface area contributed by atoms with Crippen molar-refractivity contribution in [2.75, 3.05) is 26.2 Å². The molecule has 6 nitrogen and oxygen atoms in total. The molecule has 1 aromatic heterocycles. The van der Waals surface area contributed by atoms with Crippen LogP contribution in [0.4, 0.5) is 0 Å². The molecule has 1 aromatic carbocycles. The summed E-state index contributed by atoms with van der Waals surface area (Å²) >= 11 is 0. The van der Waals surface area contributed by atoms with E-state index in [1.807, 2.05) is 17.9 Å². The van der Waals surface area contributed by atoms with Crippen molar-refractivity contribution in [2.24, 2.45) is 11.8 Å². The van der Waals surface area contributed by atoms with E-state index in [-0.39, 0.29) is 11.8 Å². The summed E-state index contributed by atoms with van der Waals surface area (Å²) in [6.45, 7) is 8.78. The molecule has 1 aliphatic heterocycles. The van der Waals surface area contributed by atoms with Gasteiger partial charge in [0.25, 0.3) is 5.91 Å². The molecular weight excluding hydrogens is 400 g/mol. The fourth-order valence-electron chi connectivity index (χ4n) is 4.12. The SMILES string of the molecule is Cc1cnc(C(=O)N(CCC(=O)N2CCC(Cc3ccccc3)CC2)CCC(C)C)cn1. The van der Waals surface area contributed by atoms with Gasteiger partial charge in [-0.1, -0.05) is 44.2 Å². The zero-order valence-corrected chi connectivity index (χ0v) is 19.7. The van der Waals surface area contributed by atoms with Gasteiger partial charge in [0.1, 0.15) is 5.69 Å². The van der Waals surface area contributed by atoms with Gasteiger partial charge in [-0.05, 0) is 50.0 Å². The summed E-state index contributed by atoms with van der Waals surface area (Å²) in [6.07, 6.45) is 7.54. The van der Waals surface area contributed by atoms with Crippen LogP contribution >= 0.6 is 0 Å². The Hall–Kier alpha value is -2.76. The number of aryl methyl sites for hydroxylation is 1. The Bertz CT molecular complexity index is 859. The molecule has 0 atom stereocenters. The van der Waals surface area contributed by atoms with Crippen molar-refractivity contribution in [3.63, 3.8) is 0 Å². The minimum absolute atomic E-state index is 0.139. The van der Waals surface area contributed by atoms with Crippen LogP contribution in [0.5, 0.6) is 0 Å². The summed E-state index contributed by atoms with van der Waals surface area (Å²) in [7, 11) is 0. The van der Waals surface area contributed by atoms with E-state index in [9.17, 15) is 9.59 Å². The third kappa shape index (κ3) is 7.14. The van der Waals surface area contributed by atoms with Crippen LogP contribution in [0.15, 0.2) is 42.7 Å². The molecule has 2 amide bonds. The van der Waals surface area contributed by atoms with E-state index in [2.05, 4.69) is 48.1 Å². The second-order valence-corrected chi connectivity index (χ2v) is 9.28. The number of carbonyl (C=O) groups excluding carboxylic acids is 2. The first-order valence-corrected chi connectivity index (χ1v) is 11.8. The molecule has 32 heavy (non-hydrogen) atoms. The Morgan fingerprint density at radius 1 is 1.06 bits per heavy atom. The van der Waals surface area contributed by atoms with Crippen molar-refractivity contribution in [3.8, 4) is 0 Å². The first-order chi connectivity index (χ1) is 15.4. The summed E-state index contributed by atoms with van der Waals surface area (Å²) in [4.78, 5) is 38.0. The first-order valence-electron chi connectivity index (χ1n) is 11.8. The molecule has 1 saturated heterocycles. The Labute approximate surface area is 192 Å². The molecule has 0 aliphatic carbocycles. The van der Waals surface area contributed by atoms with Gasteiger partial charge in [0, 0.05) is 38.8 Å². The number of likely N-dealkylation sites (tertiary alicyclic amines) is 1. The average Bonchev–Trinajstić information content (AvgIpc) is 2.80. The van der Waals surface area contributed by atoms with Crippen LogP contribution in [-0.2, 0) is 11.2 Å². The number of carbonyl (C=O) groups is 2. The van der Waals surface area contributed by atoms with E-state index in [4.69, 9.17) is 0 Å². The number of nitrogens with zero attached hydrogens (tertiary/aromatic N) is 4. The van der Waals surface area contributed by atoms with Gasteiger partial charge in [-0.25, -0.2) is 4.98 Å². The Kier molecular flexibility index (Phi) is 8.77. The van der Waals surface area contributed by atoms with Gasteiger partial charge in [0.2, 0.25) is 5.91 Å². The molecule has 2 heterocycles. The van der Waals surface area contributed by atoms with Crippen LogP contribution in [0.25, 0.3) is 0 Å². The van der Waals surface area contributed by atoms with E-state index in [0.29, 0.717) is 37.0 Å². The highest BCUT2D eigenvalue weighted by molar-refractivity contribution is 5.92. The minimum Gasteiger partial charge on any atom is -0.343 e. The van der Waals surface area contributed by atoms with E-state index in [1.54, 1.807) is 11.1 Å². The van der Waals surface area contributed by atoms with Crippen LogP contribution < -0.4 is 0 Å². The zero-order chi connectivity index (χ0) is 22.9. The number of benzene rings is 1. The summed E-state index contributed by atoms with van der Waals surface area (Å²) in [5.41, 5.74) is 2.49. The Balaban J connectivity index is 1.50. The molecular formula is C26H36N4O2. The molecule has 1 aliphatic rings. The van der Waals surface area contributed by atoms with E-state index >= 15 is 0 Å². The predicted molar refractivity (Wildman–Crippen MR) is 126 cm³/mol. The van der Waals surface area contributed by atoms with Crippen molar-refractivity contribution in [1.82, 2.24) is 19.8 Å². The van der Waals surface area contributed by atoms with Gasteiger partial charge in [-0.2, -0.15) is 0 Å². The molecule has 6 heteroatoms.